The third-order valence-corrected chi connectivity index (χ3v) is 4.65. The van der Waals surface area contributed by atoms with Crippen LogP contribution in [0, 0.1) is 0 Å². The zero-order valence-corrected chi connectivity index (χ0v) is 15.6. The summed E-state index contributed by atoms with van der Waals surface area (Å²) < 4.78 is 5.42. The number of rotatable bonds is 5. The fourth-order valence-corrected chi connectivity index (χ4v) is 3.17. The van der Waals surface area contributed by atoms with Gasteiger partial charge >= 0.3 is 0 Å². The summed E-state index contributed by atoms with van der Waals surface area (Å²) in [5.74, 6) is 2.09. The lowest BCUT2D eigenvalue weighted by Gasteiger charge is -2.09. The topological polar surface area (TPSA) is 66.5 Å². The second kappa shape index (κ2) is 6.80. The summed E-state index contributed by atoms with van der Waals surface area (Å²) in [4.78, 5) is 12.3. The smallest absolute Gasteiger partial charge is 0.203 e. The number of benzene rings is 1. The van der Waals surface area contributed by atoms with Crippen molar-refractivity contribution >= 4 is 32.6 Å². The van der Waals surface area contributed by atoms with Crippen molar-refractivity contribution in [3.63, 3.8) is 0 Å². The lowest BCUT2D eigenvalue weighted by molar-refractivity contribution is 0.784. The van der Waals surface area contributed by atoms with E-state index in [1.165, 1.54) is 11.5 Å². The number of H-pyrrole nitrogens is 1. The molecule has 0 radical (unpaired) electrons. The Morgan fingerprint density at radius 1 is 1.17 bits per heavy atom. The van der Waals surface area contributed by atoms with Crippen molar-refractivity contribution in [2.24, 2.45) is 0 Å². The monoisotopic (exact) mass is 391 g/mol. The number of hydrogen-bond donors (Lipinski definition) is 2. The predicted octanol–water partition coefficient (Wildman–Crippen LogP) is 4.99. The minimum atomic E-state index is 0.0344. The van der Waals surface area contributed by atoms with E-state index in [4.69, 9.17) is 0 Å². The summed E-state index contributed by atoms with van der Waals surface area (Å²) in [6, 6.07) is 8.18. The Labute approximate surface area is 147 Å². The highest BCUT2D eigenvalue weighted by molar-refractivity contribution is 9.10. The van der Waals surface area contributed by atoms with Gasteiger partial charge in [0, 0.05) is 21.9 Å². The maximum Gasteiger partial charge on any atom is 0.203 e. The molecule has 0 aliphatic rings. The molecule has 5 nitrogen and oxygen atoms in total. The third-order valence-electron chi connectivity index (χ3n) is 3.46. The number of nitrogens with zero attached hydrogens (tertiary/aromatic N) is 3. The van der Waals surface area contributed by atoms with Crippen molar-refractivity contribution in [3.8, 4) is 11.3 Å². The van der Waals surface area contributed by atoms with Crippen molar-refractivity contribution in [2.75, 3.05) is 5.32 Å². The molecular weight excluding hydrogens is 374 g/mol. The zero-order chi connectivity index (χ0) is 16.4. The summed E-state index contributed by atoms with van der Waals surface area (Å²) in [6.45, 7) is 6.24. The van der Waals surface area contributed by atoms with Crippen molar-refractivity contribution in [3.05, 3.63) is 46.6 Å². The molecule has 120 valence electrons. The van der Waals surface area contributed by atoms with Gasteiger partial charge in [0.05, 0.1) is 17.9 Å². The molecule has 0 saturated carbocycles. The van der Waals surface area contributed by atoms with Crippen molar-refractivity contribution in [1.29, 1.82) is 0 Å². The molecular formula is C16H18BrN5S. The van der Waals surface area contributed by atoms with E-state index >= 15 is 0 Å². The molecule has 0 amide bonds. The minimum Gasteiger partial charge on any atom is -0.351 e. The van der Waals surface area contributed by atoms with Crippen LogP contribution in [0.3, 0.4) is 0 Å². The van der Waals surface area contributed by atoms with Gasteiger partial charge in [0.1, 0.15) is 11.6 Å². The number of nitrogens with one attached hydrogen (secondary N) is 2. The van der Waals surface area contributed by atoms with Gasteiger partial charge in [0.15, 0.2) is 0 Å². The molecule has 0 unspecified atom stereocenters. The standard InChI is InChI=1S/C16H18BrN5S/c1-9(2)14-21-16(23-22-14)19-10(3)15-18-8-13(20-15)11-4-6-12(17)7-5-11/h4-10H,1-3H3,(H,18,20)(H,19,21,22)/t10-/m0/s1. The maximum absolute atomic E-state index is 4.50. The van der Waals surface area contributed by atoms with Gasteiger partial charge in [-0.2, -0.15) is 4.37 Å². The van der Waals surface area contributed by atoms with Crippen LogP contribution in [-0.2, 0) is 0 Å². The van der Waals surface area contributed by atoms with E-state index in [1.54, 1.807) is 0 Å². The van der Waals surface area contributed by atoms with E-state index < -0.39 is 0 Å². The molecule has 2 heterocycles. The number of hydrogen-bond acceptors (Lipinski definition) is 5. The summed E-state index contributed by atoms with van der Waals surface area (Å²) in [6.07, 6.45) is 1.86. The summed E-state index contributed by atoms with van der Waals surface area (Å²) in [5, 5.41) is 4.17. The van der Waals surface area contributed by atoms with Crippen LogP contribution < -0.4 is 5.32 Å². The molecule has 2 N–H and O–H groups in total. The van der Waals surface area contributed by atoms with E-state index in [2.05, 4.69) is 73.5 Å². The van der Waals surface area contributed by atoms with Gasteiger partial charge in [0.25, 0.3) is 0 Å². The van der Waals surface area contributed by atoms with Gasteiger partial charge < -0.3 is 10.3 Å². The summed E-state index contributed by atoms with van der Waals surface area (Å²) in [5.41, 5.74) is 2.11. The van der Waals surface area contributed by atoms with E-state index in [9.17, 15) is 0 Å². The molecule has 0 fully saturated rings. The lowest BCUT2D eigenvalue weighted by atomic mass is 10.2. The normalized spacial score (nSPS) is 12.6. The highest BCUT2D eigenvalue weighted by atomic mass is 79.9. The Hall–Kier alpha value is -1.73. The third kappa shape index (κ3) is 3.79. The zero-order valence-electron chi connectivity index (χ0n) is 13.2. The van der Waals surface area contributed by atoms with Gasteiger partial charge in [-0.25, -0.2) is 9.97 Å². The Morgan fingerprint density at radius 3 is 2.57 bits per heavy atom. The van der Waals surface area contributed by atoms with E-state index in [0.717, 1.165) is 32.5 Å². The van der Waals surface area contributed by atoms with Gasteiger partial charge in [-0.1, -0.05) is 41.9 Å². The van der Waals surface area contributed by atoms with Crippen LogP contribution in [-0.4, -0.2) is 19.3 Å². The van der Waals surface area contributed by atoms with Gasteiger partial charge in [-0.3, -0.25) is 0 Å². The average Bonchev–Trinajstić information content (AvgIpc) is 3.17. The fourth-order valence-electron chi connectivity index (χ4n) is 2.11. The summed E-state index contributed by atoms with van der Waals surface area (Å²) in [7, 11) is 0. The quantitative estimate of drug-likeness (QED) is 0.642. The number of anilines is 1. The van der Waals surface area contributed by atoms with Crippen LogP contribution in [0.15, 0.2) is 34.9 Å². The van der Waals surface area contributed by atoms with Gasteiger partial charge in [-0.05, 0) is 24.6 Å². The van der Waals surface area contributed by atoms with E-state index in [-0.39, 0.29) is 6.04 Å². The highest BCUT2D eigenvalue weighted by Gasteiger charge is 2.14. The molecule has 0 spiro atoms. The van der Waals surface area contributed by atoms with Crippen LogP contribution >= 0.6 is 27.5 Å². The second-order valence-electron chi connectivity index (χ2n) is 5.67. The Kier molecular flexibility index (Phi) is 4.77. The van der Waals surface area contributed by atoms with Gasteiger partial charge in [0.2, 0.25) is 5.13 Å². The van der Waals surface area contributed by atoms with E-state index in [0.29, 0.717) is 5.92 Å². The minimum absolute atomic E-state index is 0.0344. The highest BCUT2D eigenvalue weighted by Crippen LogP contribution is 2.24. The molecule has 1 aromatic carbocycles. The molecule has 23 heavy (non-hydrogen) atoms. The molecule has 0 aliphatic carbocycles. The number of aromatic amines is 1. The van der Waals surface area contributed by atoms with Crippen LogP contribution in [0.4, 0.5) is 5.13 Å². The van der Waals surface area contributed by atoms with Gasteiger partial charge in [-0.15, -0.1) is 0 Å². The fraction of sp³-hybridized carbons (Fsp3) is 0.312. The molecule has 2 aromatic heterocycles. The summed E-state index contributed by atoms with van der Waals surface area (Å²) >= 11 is 4.83. The Bertz CT molecular complexity index is 778. The van der Waals surface area contributed by atoms with Crippen molar-refractivity contribution in [1.82, 2.24) is 19.3 Å². The predicted molar refractivity (Wildman–Crippen MR) is 97.8 cm³/mol. The van der Waals surface area contributed by atoms with Crippen molar-refractivity contribution in [2.45, 2.75) is 32.7 Å². The molecule has 7 heteroatoms. The van der Waals surface area contributed by atoms with E-state index in [1.807, 2.05) is 18.3 Å². The SMILES string of the molecule is CC(C)c1nsc(N[C@@H](C)c2ncc(-c3ccc(Br)cc3)[nH]2)n1. The maximum atomic E-state index is 4.50. The Morgan fingerprint density at radius 2 is 1.91 bits per heavy atom. The second-order valence-corrected chi connectivity index (χ2v) is 7.33. The first-order chi connectivity index (χ1) is 11.0. The van der Waals surface area contributed by atoms with Crippen LogP contribution in [0.2, 0.25) is 0 Å². The molecule has 0 bridgehead atoms. The largest absolute Gasteiger partial charge is 0.351 e. The molecule has 0 saturated heterocycles. The molecule has 3 aromatic rings. The first kappa shape index (κ1) is 16.1. The molecule has 3 rings (SSSR count). The van der Waals surface area contributed by atoms with Crippen molar-refractivity contribution < 1.29 is 0 Å². The van der Waals surface area contributed by atoms with Crippen LogP contribution in [0.1, 0.15) is 44.4 Å². The number of halogens is 1. The van der Waals surface area contributed by atoms with Crippen LogP contribution in [0.5, 0.6) is 0 Å². The first-order valence-electron chi connectivity index (χ1n) is 7.44. The Balaban J connectivity index is 1.72. The first-order valence-corrected chi connectivity index (χ1v) is 9.00. The molecule has 0 aliphatic heterocycles. The molecule has 1 atom stereocenters. The lowest BCUT2D eigenvalue weighted by Crippen LogP contribution is -2.08. The number of aromatic nitrogens is 4. The average molecular weight is 392 g/mol. The number of imidazole rings is 1. The van der Waals surface area contributed by atoms with Crippen LogP contribution in [0.25, 0.3) is 11.3 Å².